The van der Waals surface area contributed by atoms with Crippen LogP contribution >= 0.6 is 0 Å². The van der Waals surface area contributed by atoms with Gasteiger partial charge in [0.1, 0.15) is 6.15 Å². The van der Waals surface area contributed by atoms with Crippen molar-refractivity contribution in [3.05, 3.63) is 160 Å². The molecule has 0 spiro atoms. The van der Waals surface area contributed by atoms with Gasteiger partial charge in [0.15, 0.2) is 6.61 Å². The van der Waals surface area contributed by atoms with Gasteiger partial charge in [-0.1, -0.05) is 60.7 Å². The van der Waals surface area contributed by atoms with Gasteiger partial charge in [0.2, 0.25) is 6.20 Å². The van der Waals surface area contributed by atoms with Crippen molar-refractivity contribution in [2.45, 2.75) is 56.3 Å². The third-order valence-electron chi connectivity index (χ3n) is 10.4. The predicted molar refractivity (Wildman–Crippen MR) is 201 cm³/mol. The molecule has 378 valence electrons. The number of para-hydroxylation sites is 1. The average Bonchev–Trinajstić information content (AvgIpc) is 3.21. The Kier molecular flexibility index (Phi) is 14.4. The van der Waals surface area contributed by atoms with Gasteiger partial charge in [-0.25, -0.2) is 0 Å². The lowest BCUT2D eigenvalue weighted by Gasteiger charge is -2.46. The van der Waals surface area contributed by atoms with E-state index in [-0.39, 0.29) is 0 Å². The topological polar surface area (TPSA) is 13.1 Å². The van der Waals surface area contributed by atoms with Crippen LogP contribution in [0.5, 0.6) is 0 Å². The third-order valence-corrected chi connectivity index (χ3v) is 10.4. The molecule has 0 atom stereocenters. The Bertz CT molecular complexity index is 2400. The van der Waals surface area contributed by atoms with Crippen molar-refractivity contribution >= 4 is 38.9 Å². The fourth-order valence-corrected chi connectivity index (χ4v) is 7.46. The number of hydrogen-bond donors (Lipinski definition) is 0. The van der Waals surface area contributed by atoms with E-state index >= 15 is 0 Å². The van der Waals surface area contributed by atoms with Gasteiger partial charge in [0, 0.05) is 16.9 Å². The molecule has 0 aliphatic rings. The SMILES string of the molecule is CCO[n+]1cccc2ccccc21.FC(F)(F)c1cc([B-](c2cc(C(F)(F)F)cc(C(F)(F)F)c2)(c2cc(C(F)(F)F)cc(C(F)(F)F)c2)c2cc(C(F)(F)F)cc(C(F)(F)F)c2)cc(C(F)(F)F)c1. The fraction of sp³-hybridized carbons (Fsp3) is 0.233. The van der Waals surface area contributed by atoms with Crippen LogP contribution in [0.3, 0.4) is 0 Å². The van der Waals surface area contributed by atoms with Gasteiger partial charge in [-0.2, -0.15) is 127 Å². The summed E-state index contributed by atoms with van der Waals surface area (Å²) in [5, 5.41) is 1.19. The van der Waals surface area contributed by atoms with E-state index in [1.165, 1.54) is 5.39 Å². The second-order valence-electron chi connectivity index (χ2n) is 15.0. The lowest BCUT2D eigenvalue weighted by atomic mass is 9.12. The molecular weight excluding hydrogens is 1010 g/mol. The summed E-state index contributed by atoms with van der Waals surface area (Å²) >= 11 is 0. The first-order valence-corrected chi connectivity index (χ1v) is 19.1. The van der Waals surface area contributed by atoms with Crippen LogP contribution in [0.4, 0.5) is 105 Å². The molecule has 0 saturated heterocycles. The van der Waals surface area contributed by atoms with E-state index in [4.69, 9.17) is 4.84 Å². The van der Waals surface area contributed by atoms with Crippen molar-refractivity contribution < 1.29 is 115 Å². The second kappa shape index (κ2) is 18.5. The van der Waals surface area contributed by atoms with Gasteiger partial charge in [0.05, 0.1) is 49.9 Å². The maximum absolute atomic E-state index is 14.2. The Morgan fingerprint density at radius 2 is 0.571 bits per heavy atom. The summed E-state index contributed by atoms with van der Waals surface area (Å²) in [5.41, 5.74) is -29.1. The summed E-state index contributed by atoms with van der Waals surface area (Å²) in [6, 6.07) is 3.41. The van der Waals surface area contributed by atoms with Gasteiger partial charge in [-0.05, 0) is 43.3 Å². The smallest absolute Gasteiger partial charge is 0.271 e. The summed E-state index contributed by atoms with van der Waals surface area (Å²) in [6.45, 7) is 2.66. The third kappa shape index (κ3) is 12.0. The van der Waals surface area contributed by atoms with E-state index in [0.29, 0.717) is 6.61 Å². The molecule has 0 amide bonds. The number of fused-ring (bicyclic) bond motifs is 1. The van der Waals surface area contributed by atoms with Gasteiger partial charge in [-0.3, -0.25) is 4.84 Å². The zero-order valence-electron chi connectivity index (χ0n) is 34.2. The van der Waals surface area contributed by atoms with E-state index in [9.17, 15) is 105 Å². The van der Waals surface area contributed by atoms with Crippen LogP contribution in [0.1, 0.15) is 51.4 Å². The van der Waals surface area contributed by atoms with E-state index in [1.807, 2.05) is 37.4 Å². The molecule has 1 heterocycles. The number of nitrogens with zero attached hydrogens (tertiary/aromatic N) is 1. The Morgan fingerprint density at radius 1 is 0.343 bits per heavy atom. The minimum atomic E-state index is -6.13. The van der Waals surface area contributed by atoms with Gasteiger partial charge in [-0.15, -0.1) is 0 Å². The molecule has 2 nitrogen and oxygen atoms in total. The highest BCUT2D eigenvalue weighted by atomic mass is 19.4. The first-order chi connectivity index (χ1) is 31.7. The average molecular weight is 1040 g/mol. The molecule has 0 aliphatic carbocycles. The summed E-state index contributed by atoms with van der Waals surface area (Å²) in [6.07, 6.45) is -52.9. The van der Waals surface area contributed by atoms with Crippen LogP contribution in [-0.2, 0) is 49.4 Å². The van der Waals surface area contributed by atoms with Crippen molar-refractivity contribution in [3.63, 3.8) is 0 Å². The lowest BCUT2D eigenvalue weighted by Crippen LogP contribution is -2.75. The number of rotatable bonds is 6. The molecule has 1 aromatic heterocycles. The van der Waals surface area contributed by atoms with Gasteiger partial charge in [0.25, 0.3) is 5.52 Å². The molecule has 6 aromatic rings. The number of alkyl halides is 24. The molecule has 27 heteroatoms. The van der Waals surface area contributed by atoms with Crippen LogP contribution < -0.4 is 31.4 Å². The second-order valence-corrected chi connectivity index (χ2v) is 15.0. The van der Waals surface area contributed by atoms with Crippen LogP contribution in [0, 0.1) is 0 Å². The quantitative estimate of drug-likeness (QED) is 0.0920. The maximum Gasteiger partial charge on any atom is 0.416 e. The summed E-state index contributed by atoms with van der Waals surface area (Å²) in [7, 11) is 0. The number of aromatic nitrogens is 1. The summed E-state index contributed by atoms with van der Waals surface area (Å²) in [4.78, 5) is 5.44. The monoisotopic (exact) mass is 1040 g/mol. The minimum absolute atomic E-state index is 0.679. The van der Waals surface area contributed by atoms with Crippen LogP contribution in [0.2, 0.25) is 0 Å². The maximum atomic E-state index is 14.2. The van der Waals surface area contributed by atoms with Crippen LogP contribution in [0.15, 0.2) is 115 Å². The molecule has 0 fully saturated rings. The molecule has 70 heavy (non-hydrogen) atoms. The van der Waals surface area contributed by atoms with E-state index in [0.717, 1.165) is 5.52 Å². The normalized spacial score (nSPS) is 13.6. The number of benzene rings is 5. The summed E-state index contributed by atoms with van der Waals surface area (Å²) in [5.74, 6) is 0. The van der Waals surface area contributed by atoms with Crippen molar-refractivity contribution in [1.82, 2.24) is 0 Å². The molecule has 0 bridgehead atoms. The Morgan fingerprint density at radius 3 is 0.800 bits per heavy atom. The lowest BCUT2D eigenvalue weighted by molar-refractivity contribution is -0.870. The first kappa shape index (κ1) is 54.6. The Hall–Kier alpha value is -6.31. The molecule has 0 N–H and O–H groups in total. The molecule has 6 rings (SSSR count). The van der Waals surface area contributed by atoms with Crippen LogP contribution in [-0.4, -0.2) is 12.8 Å². The fourth-order valence-electron chi connectivity index (χ4n) is 7.46. The number of halogens is 24. The molecule has 0 aliphatic heterocycles. The highest BCUT2D eigenvalue weighted by molar-refractivity contribution is 7.20. The molecular formula is C43H24BF24NO. The molecule has 0 radical (unpaired) electrons. The van der Waals surface area contributed by atoms with Gasteiger partial charge >= 0.3 is 49.4 Å². The Labute approximate surface area is 376 Å². The predicted octanol–water partition coefficient (Wildman–Crippen LogP) is 12.8. The molecule has 5 aromatic carbocycles. The van der Waals surface area contributed by atoms with Crippen molar-refractivity contribution in [2.75, 3.05) is 6.61 Å². The zero-order chi connectivity index (χ0) is 53.0. The van der Waals surface area contributed by atoms with E-state index in [1.54, 1.807) is 4.73 Å². The highest BCUT2D eigenvalue weighted by Crippen LogP contribution is 2.41. The summed E-state index contributed by atoms with van der Waals surface area (Å²) < 4.78 is 343. The number of pyridine rings is 1. The zero-order valence-corrected chi connectivity index (χ0v) is 34.2. The van der Waals surface area contributed by atoms with Crippen LogP contribution in [0.25, 0.3) is 10.9 Å². The van der Waals surface area contributed by atoms with E-state index in [2.05, 4.69) is 12.1 Å². The number of hydrogen-bond acceptors (Lipinski definition) is 1. The molecule has 0 unspecified atom stereocenters. The largest absolute Gasteiger partial charge is 0.416 e. The first-order valence-electron chi connectivity index (χ1n) is 19.1. The van der Waals surface area contributed by atoms with Crippen molar-refractivity contribution in [2.24, 2.45) is 0 Å². The highest BCUT2D eigenvalue weighted by Gasteiger charge is 2.47. The Balaban J connectivity index is 0.000000600. The van der Waals surface area contributed by atoms with Gasteiger partial charge < -0.3 is 0 Å². The van der Waals surface area contributed by atoms with E-state index < -0.39 is 195 Å². The minimum Gasteiger partial charge on any atom is -0.271 e. The van der Waals surface area contributed by atoms with Crippen molar-refractivity contribution in [1.29, 1.82) is 0 Å². The molecule has 0 saturated carbocycles. The standard InChI is InChI=1S/C32H12BF24.C11H12NO/c34-25(35,36)13-1-14(26(37,38)39)6-21(5-13)33(22-7-15(27(40,41)42)2-16(8-22)28(43,44)45,23-9-17(29(46,47)48)3-18(10-23)30(49,50)51)24-11-19(31(52,53)54)4-20(12-24)32(55,56)57;1-2-13-12-9-5-7-10-6-3-4-8-11(10)12/h1-12H;3-9H,2H2,1H3/q-1;+1. The van der Waals surface area contributed by atoms with Crippen molar-refractivity contribution in [3.8, 4) is 0 Å².